The third-order valence-corrected chi connectivity index (χ3v) is 5.46. The number of amides is 1. The fraction of sp³-hybridized carbons (Fsp3) is 0.733. The SMILES string of the molecule is Cc1csc(N2CCN(C(=O)[C@H]3CCN[C@@H](C)C3)CC2)n1.Cl. The number of aromatic nitrogens is 1. The van der Waals surface area contributed by atoms with E-state index in [2.05, 4.69) is 32.4 Å². The molecular weight excluding hydrogens is 320 g/mol. The second-order valence-electron chi connectivity index (χ2n) is 6.16. The largest absolute Gasteiger partial charge is 0.345 e. The molecule has 22 heavy (non-hydrogen) atoms. The van der Waals surface area contributed by atoms with Gasteiger partial charge in [-0.05, 0) is 33.2 Å². The molecule has 2 saturated heterocycles. The molecule has 0 aliphatic carbocycles. The van der Waals surface area contributed by atoms with Crippen molar-refractivity contribution in [1.29, 1.82) is 0 Å². The van der Waals surface area contributed by atoms with Gasteiger partial charge in [-0.3, -0.25) is 4.79 Å². The average Bonchev–Trinajstić information content (AvgIpc) is 2.93. The molecule has 7 heteroatoms. The first-order valence-corrected chi connectivity index (χ1v) is 8.70. The number of nitrogens with one attached hydrogen (secondary N) is 1. The maximum atomic E-state index is 12.6. The van der Waals surface area contributed by atoms with Gasteiger partial charge in [0.05, 0.1) is 5.69 Å². The van der Waals surface area contributed by atoms with E-state index in [1.165, 1.54) is 0 Å². The van der Waals surface area contributed by atoms with Crippen LogP contribution in [-0.2, 0) is 4.79 Å². The summed E-state index contributed by atoms with van der Waals surface area (Å²) >= 11 is 1.70. The van der Waals surface area contributed by atoms with Crippen molar-refractivity contribution in [3.63, 3.8) is 0 Å². The second-order valence-corrected chi connectivity index (χ2v) is 7.00. The molecule has 0 unspecified atom stereocenters. The highest BCUT2D eigenvalue weighted by molar-refractivity contribution is 7.13. The predicted octanol–water partition coefficient (Wildman–Crippen LogP) is 1.91. The Hall–Kier alpha value is -0.850. The van der Waals surface area contributed by atoms with Crippen molar-refractivity contribution in [2.45, 2.75) is 32.7 Å². The van der Waals surface area contributed by atoms with Gasteiger partial charge in [0.1, 0.15) is 0 Å². The van der Waals surface area contributed by atoms with E-state index in [0.717, 1.165) is 56.4 Å². The van der Waals surface area contributed by atoms with Gasteiger partial charge in [-0.1, -0.05) is 0 Å². The van der Waals surface area contributed by atoms with Gasteiger partial charge in [-0.15, -0.1) is 23.7 Å². The van der Waals surface area contributed by atoms with Gasteiger partial charge < -0.3 is 15.1 Å². The Morgan fingerprint density at radius 3 is 2.68 bits per heavy atom. The number of piperidine rings is 1. The van der Waals surface area contributed by atoms with Gasteiger partial charge in [0.15, 0.2) is 5.13 Å². The van der Waals surface area contributed by atoms with Crippen molar-refractivity contribution < 1.29 is 4.79 Å². The van der Waals surface area contributed by atoms with E-state index >= 15 is 0 Å². The lowest BCUT2D eigenvalue weighted by Gasteiger charge is -2.38. The van der Waals surface area contributed by atoms with Crippen LogP contribution in [0.3, 0.4) is 0 Å². The molecule has 2 aliphatic heterocycles. The molecule has 2 atom stereocenters. The number of halogens is 1. The number of anilines is 1. The van der Waals surface area contributed by atoms with Gasteiger partial charge in [-0.25, -0.2) is 4.98 Å². The Balaban J connectivity index is 0.00000176. The van der Waals surface area contributed by atoms with Crippen LogP contribution in [0, 0.1) is 12.8 Å². The zero-order valence-electron chi connectivity index (χ0n) is 13.2. The minimum atomic E-state index is 0. The summed E-state index contributed by atoms with van der Waals surface area (Å²) in [5.41, 5.74) is 1.08. The number of nitrogens with zero attached hydrogens (tertiary/aromatic N) is 3. The van der Waals surface area contributed by atoms with Crippen LogP contribution in [0.25, 0.3) is 0 Å². The van der Waals surface area contributed by atoms with E-state index in [0.29, 0.717) is 11.9 Å². The van der Waals surface area contributed by atoms with Crippen molar-refractivity contribution in [2.24, 2.45) is 5.92 Å². The first-order chi connectivity index (χ1) is 10.1. The molecule has 1 aromatic rings. The summed E-state index contributed by atoms with van der Waals surface area (Å²) in [5, 5.41) is 6.59. The molecule has 124 valence electrons. The van der Waals surface area contributed by atoms with Crippen LogP contribution in [-0.4, -0.2) is 54.6 Å². The summed E-state index contributed by atoms with van der Waals surface area (Å²) in [6.07, 6.45) is 1.96. The smallest absolute Gasteiger partial charge is 0.225 e. The van der Waals surface area contributed by atoms with Crippen LogP contribution in [0.2, 0.25) is 0 Å². The topological polar surface area (TPSA) is 48.5 Å². The third kappa shape index (κ3) is 3.91. The molecule has 2 fully saturated rings. The maximum absolute atomic E-state index is 12.6. The van der Waals surface area contributed by atoms with Crippen LogP contribution in [0.1, 0.15) is 25.5 Å². The summed E-state index contributed by atoms with van der Waals surface area (Å²) < 4.78 is 0. The summed E-state index contributed by atoms with van der Waals surface area (Å²) in [4.78, 5) is 21.5. The molecule has 0 aromatic carbocycles. The lowest BCUT2D eigenvalue weighted by Crippen LogP contribution is -2.52. The van der Waals surface area contributed by atoms with Crippen LogP contribution in [0.15, 0.2) is 5.38 Å². The van der Waals surface area contributed by atoms with Crippen molar-refractivity contribution in [2.75, 3.05) is 37.6 Å². The highest BCUT2D eigenvalue weighted by Crippen LogP contribution is 2.23. The Kier molecular flexibility index (Phi) is 6.06. The number of carbonyl (C=O) groups is 1. The molecule has 0 bridgehead atoms. The van der Waals surface area contributed by atoms with Crippen LogP contribution in [0.4, 0.5) is 5.13 Å². The number of piperazine rings is 1. The van der Waals surface area contributed by atoms with Gasteiger partial charge in [0.2, 0.25) is 5.91 Å². The first kappa shape index (κ1) is 17.5. The normalized spacial score (nSPS) is 25.7. The van der Waals surface area contributed by atoms with E-state index in [9.17, 15) is 4.79 Å². The molecule has 3 rings (SSSR count). The lowest BCUT2D eigenvalue weighted by atomic mass is 9.92. The molecule has 1 aromatic heterocycles. The van der Waals surface area contributed by atoms with Gasteiger partial charge in [0, 0.05) is 43.5 Å². The molecule has 1 N–H and O–H groups in total. The molecule has 5 nitrogen and oxygen atoms in total. The third-order valence-electron chi connectivity index (χ3n) is 4.44. The number of carbonyl (C=O) groups excluding carboxylic acids is 1. The summed E-state index contributed by atoms with van der Waals surface area (Å²) in [7, 11) is 0. The Labute approximate surface area is 142 Å². The molecule has 0 radical (unpaired) electrons. The summed E-state index contributed by atoms with van der Waals surface area (Å²) in [6, 6.07) is 0.465. The highest BCUT2D eigenvalue weighted by atomic mass is 35.5. The Bertz CT molecular complexity index is 501. The van der Waals surface area contributed by atoms with Gasteiger partial charge in [0.25, 0.3) is 0 Å². The zero-order chi connectivity index (χ0) is 14.8. The van der Waals surface area contributed by atoms with E-state index in [-0.39, 0.29) is 18.3 Å². The lowest BCUT2D eigenvalue weighted by molar-refractivity contribution is -0.137. The molecule has 2 aliphatic rings. The van der Waals surface area contributed by atoms with Crippen molar-refractivity contribution in [1.82, 2.24) is 15.2 Å². The second kappa shape index (κ2) is 7.62. The molecule has 1 amide bonds. The number of thiazole rings is 1. The Morgan fingerprint density at radius 2 is 2.09 bits per heavy atom. The quantitative estimate of drug-likeness (QED) is 0.890. The van der Waals surface area contributed by atoms with Crippen LogP contribution < -0.4 is 10.2 Å². The molecule has 0 spiro atoms. The fourth-order valence-corrected chi connectivity index (χ4v) is 4.08. The van der Waals surface area contributed by atoms with Crippen molar-refractivity contribution in [3.05, 3.63) is 11.1 Å². The zero-order valence-corrected chi connectivity index (χ0v) is 14.9. The number of aryl methyl sites for hydroxylation is 1. The summed E-state index contributed by atoms with van der Waals surface area (Å²) in [5.74, 6) is 0.577. The van der Waals surface area contributed by atoms with Crippen LogP contribution >= 0.6 is 23.7 Å². The fourth-order valence-electron chi connectivity index (χ4n) is 3.22. The average molecular weight is 345 g/mol. The van der Waals surface area contributed by atoms with E-state index < -0.39 is 0 Å². The maximum Gasteiger partial charge on any atom is 0.225 e. The van der Waals surface area contributed by atoms with E-state index in [4.69, 9.17) is 0 Å². The molecular formula is C15H25ClN4OS. The van der Waals surface area contributed by atoms with Gasteiger partial charge >= 0.3 is 0 Å². The van der Waals surface area contributed by atoms with E-state index in [1.54, 1.807) is 11.3 Å². The number of hydrogen-bond acceptors (Lipinski definition) is 5. The predicted molar refractivity (Wildman–Crippen MR) is 93.1 cm³/mol. The minimum absolute atomic E-state index is 0. The standard InChI is InChI=1S/C15H24N4OS.ClH/c1-11-9-13(3-4-16-11)14(20)18-5-7-19(8-6-18)15-17-12(2)10-21-15;/h10-11,13,16H,3-9H2,1-2H3;1H/t11-,13-;/m0./s1. The van der Waals surface area contributed by atoms with Crippen LogP contribution in [0.5, 0.6) is 0 Å². The molecule has 3 heterocycles. The van der Waals surface area contributed by atoms with Crippen molar-refractivity contribution >= 4 is 34.8 Å². The van der Waals surface area contributed by atoms with Crippen molar-refractivity contribution in [3.8, 4) is 0 Å². The summed E-state index contributed by atoms with van der Waals surface area (Å²) in [6.45, 7) is 8.63. The number of rotatable bonds is 2. The first-order valence-electron chi connectivity index (χ1n) is 7.82. The molecule has 0 saturated carbocycles. The number of hydrogen-bond donors (Lipinski definition) is 1. The van der Waals surface area contributed by atoms with E-state index in [1.807, 2.05) is 6.92 Å². The minimum Gasteiger partial charge on any atom is -0.345 e. The van der Waals surface area contributed by atoms with Gasteiger partial charge in [-0.2, -0.15) is 0 Å². The Morgan fingerprint density at radius 1 is 1.36 bits per heavy atom. The highest BCUT2D eigenvalue weighted by Gasteiger charge is 2.30. The monoisotopic (exact) mass is 344 g/mol.